The predicted octanol–water partition coefficient (Wildman–Crippen LogP) is 2.44. The molecule has 106 valence electrons. The van der Waals surface area contributed by atoms with Crippen LogP contribution in [0.15, 0.2) is 18.2 Å². The van der Waals surface area contributed by atoms with Gasteiger partial charge >= 0.3 is 0 Å². The lowest BCUT2D eigenvalue weighted by Gasteiger charge is -2.34. The van der Waals surface area contributed by atoms with Crippen molar-refractivity contribution in [2.45, 2.75) is 32.7 Å². The number of aromatic hydroxyl groups is 1. The largest absolute Gasteiger partial charge is 0.508 e. The molecule has 1 aromatic rings. The van der Waals surface area contributed by atoms with E-state index in [1.807, 2.05) is 6.07 Å². The molecule has 3 nitrogen and oxygen atoms in total. The van der Waals surface area contributed by atoms with Gasteiger partial charge in [-0.15, -0.1) is 0 Å². The lowest BCUT2D eigenvalue weighted by Crippen LogP contribution is -2.44. The number of benzene rings is 1. The molecule has 0 saturated carbocycles. The maximum atomic E-state index is 10.2. The second-order valence-electron chi connectivity index (χ2n) is 6.64. The molecule has 0 amide bonds. The van der Waals surface area contributed by atoms with Crippen LogP contribution in [0.5, 0.6) is 5.75 Å². The topological polar surface area (TPSA) is 26.7 Å². The van der Waals surface area contributed by atoms with E-state index in [0.717, 1.165) is 38.3 Å². The highest BCUT2D eigenvalue weighted by Gasteiger charge is 2.23. The van der Waals surface area contributed by atoms with E-state index < -0.39 is 0 Å². The Bertz CT molecular complexity index is 429. The zero-order chi connectivity index (χ0) is 14.0. The molecule has 1 aliphatic heterocycles. The third kappa shape index (κ3) is 3.48. The van der Waals surface area contributed by atoms with Gasteiger partial charge in [0.2, 0.25) is 0 Å². The van der Waals surface area contributed by atoms with Crippen molar-refractivity contribution in [1.29, 1.82) is 0 Å². The number of hydrogen-bond acceptors (Lipinski definition) is 3. The third-order valence-corrected chi connectivity index (χ3v) is 3.87. The Balaban J connectivity index is 2.18. The van der Waals surface area contributed by atoms with Gasteiger partial charge < -0.3 is 10.0 Å². The molecule has 0 atom stereocenters. The summed E-state index contributed by atoms with van der Waals surface area (Å²) in [4.78, 5) is 4.84. The zero-order valence-corrected chi connectivity index (χ0v) is 12.6. The lowest BCUT2D eigenvalue weighted by molar-refractivity contribution is 0.147. The van der Waals surface area contributed by atoms with E-state index in [1.165, 1.54) is 5.56 Å². The van der Waals surface area contributed by atoms with Crippen LogP contribution in [0, 0.1) is 0 Å². The molecule has 0 bridgehead atoms. The fourth-order valence-electron chi connectivity index (χ4n) is 2.83. The van der Waals surface area contributed by atoms with E-state index >= 15 is 0 Å². The summed E-state index contributed by atoms with van der Waals surface area (Å²) in [7, 11) is 2.17. The zero-order valence-electron chi connectivity index (χ0n) is 12.6. The summed E-state index contributed by atoms with van der Waals surface area (Å²) in [6, 6.07) is 5.91. The van der Waals surface area contributed by atoms with Crippen molar-refractivity contribution in [3.05, 3.63) is 29.3 Å². The number of nitrogens with zero attached hydrogens (tertiary/aromatic N) is 2. The van der Waals surface area contributed by atoms with E-state index in [4.69, 9.17) is 0 Å². The van der Waals surface area contributed by atoms with Crippen LogP contribution in [-0.2, 0) is 12.0 Å². The van der Waals surface area contributed by atoms with Crippen LogP contribution in [0.25, 0.3) is 0 Å². The van der Waals surface area contributed by atoms with Gasteiger partial charge in [0.1, 0.15) is 5.75 Å². The summed E-state index contributed by atoms with van der Waals surface area (Å²) in [5.41, 5.74) is 2.33. The van der Waals surface area contributed by atoms with Crippen LogP contribution < -0.4 is 0 Å². The van der Waals surface area contributed by atoms with E-state index in [2.05, 4.69) is 43.7 Å². The fraction of sp³-hybridized carbons (Fsp3) is 0.625. The van der Waals surface area contributed by atoms with Crippen molar-refractivity contribution < 1.29 is 5.11 Å². The van der Waals surface area contributed by atoms with E-state index in [-0.39, 0.29) is 5.41 Å². The number of phenolic OH excluding ortho intramolecular Hbond substituents is 1. The average Bonchev–Trinajstić information content (AvgIpc) is 2.30. The van der Waals surface area contributed by atoms with Gasteiger partial charge in [-0.1, -0.05) is 32.9 Å². The highest BCUT2D eigenvalue weighted by Crippen LogP contribution is 2.34. The van der Waals surface area contributed by atoms with Gasteiger partial charge in [-0.2, -0.15) is 0 Å². The normalized spacial score (nSPS) is 18.7. The van der Waals surface area contributed by atoms with Gasteiger partial charge in [0, 0.05) is 38.3 Å². The van der Waals surface area contributed by atoms with Gasteiger partial charge in [-0.3, -0.25) is 4.90 Å². The van der Waals surface area contributed by atoms with Crippen molar-refractivity contribution in [2.24, 2.45) is 0 Å². The lowest BCUT2D eigenvalue weighted by atomic mass is 9.83. The summed E-state index contributed by atoms with van der Waals surface area (Å²) in [6.45, 7) is 11.9. The molecule has 2 rings (SSSR count). The van der Waals surface area contributed by atoms with Gasteiger partial charge in [0.15, 0.2) is 0 Å². The van der Waals surface area contributed by atoms with Gasteiger partial charge in [0.25, 0.3) is 0 Å². The number of phenols is 1. The molecule has 1 N–H and O–H groups in total. The Morgan fingerprint density at radius 1 is 1.11 bits per heavy atom. The molecule has 19 heavy (non-hydrogen) atoms. The monoisotopic (exact) mass is 262 g/mol. The summed E-state index contributed by atoms with van der Waals surface area (Å²) in [6.07, 6.45) is 0. The Hall–Kier alpha value is -1.06. The standard InChI is InChI=1S/C16H26N2O/c1-16(2,3)15-13(6-5-7-14(15)19)12-18-10-8-17(4)9-11-18/h5-7,19H,8-12H2,1-4H3. The van der Waals surface area contributed by atoms with Crippen LogP contribution in [-0.4, -0.2) is 48.1 Å². The number of rotatable bonds is 2. The molecule has 0 aromatic heterocycles. The quantitative estimate of drug-likeness (QED) is 0.887. The highest BCUT2D eigenvalue weighted by atomic mass is 16.3. The maximum Gasteiger partial charge on any atom is 0.119 e. The first-order valence-electron chi connectivity index (χ1n) is 7.10. The molecule has 1 saturated heterocycles. The van der Waals surface area contributed by atoms with Crippen molar-refractivity contribution >= 4 is 0 Å². The first-order chi connectivity index (χ1) is 8.88. The van der Waals surface area contributed by atoms with Crippen LogP contribution in [0.4, 0.5) is 0 Å². The molecule has 1 fully saturated rings. The number of likely N-dealkylation sites (N-methyl/N-ethyl adjacent to an activating group) is 1. The van der Waals surface area contributed by atoms with Crippen molar-refractivity contribution in [3.63, 3.8) is 0 Å². The van der Waals surface area contributed by atoms with Crippen LogP contribution in [0.3, 0.4) is 0 Å². The molecule has 0 aliphatic carbocycles. The van der Waals surface area contributed by atoms with Crippen LogP contribution in [0.1, 0.15) is 31.9 Å². The fourth-order valence-corrected chi connectivity index (χ4v) is 2.83. The molecular weight excluding hydrogens is 236 g/mol. The van der Waals surface area contributed by atoms with Crippen molar-refractivity contribution in [3.8, 4) is 5.75 Å². The average molecular weight is 262 g/mol. The molecule has 0 radical (unpaired) electrons. The van der Waals surface area contributed by atoms with Crippen molar-refractivity contribution in [2.75, 3.05) is 33.2 Å². The maximum absolute atomic E-state index is 10.2. The molecule has 1 heterocycles. The van der Waals surface area contributed by atoms with Gasteiger partial charge in [-0.25, -0.2) is 0 Å². The second kappa shape index (κ2) is 5.51. The molecule has 0 unspecified atom stereocenters. The SMILES string of the molecule is CN1CCN(Cc2cccc(O)c2C(C)(C)C)CC1. The van der Waals surface area contributed by atoms with Crippen molar-refractivity contribution in [1.82, 2.24) is 9.80 Å². The summed E-state index contributed by atoms with van der Waals surface area (Å²) in [5, 5.41) is 10.2. The number of hydrogen-bond donors (Lipinski definition) is 1. The molecular formula is C16H26N2O. The Morgan fingerprint density at radius 2 is 1.74 bits per heavy atom. The molecule has 3 heteroatoms. The molecule has 1 aliphatic rings. The van der Waals surface area contributed by atoms with Gasteiger partial charge in [-0.05, 0) is 24.1 Å². The minimum absolute atomic E-state index is 0.0206. The first-order valence-corrected chi connectivity index (χ1v) is 7.10. The van der Waals surface area contributed by atoms with E-state index in [0.29, 0.717) is 5.75 Å². The smallest absolute Gasteiger partial charge is 0.119 e. The minimum Gasteiger partial charge on any atom is -0.508 e. The summed E-state index contributed by atoms with van der Waals surface area (Å²) in [5.74, 6) is 0.430. The summed E-state index contributed by atoms with van der Waals surface area (Å²) < 4.78 is 0. The third-order valence-electron chi connectivity index (χ3n) is 3.87. The predicted molar refractivity (Wildman–Crippen MR) is 79.6 cm³/mol. The minimum atomic E-state index is -0.0206. The van der Waals surface area contributed by atoms with Crippen LogP contribution >= 0.6 is 0 Å². The number of piperazine rings is 1. The Kier molecular flexibility index (Phi) is 4.16. The van der Waals surface area contributed by atoms with E-state index in [1.54, 1.807) is 6.07 Å². The Labute approximate surface area is 116 Å². The van der Waals surface area contributed by atoms with Crippen LogP contribution in [0.2, 0.25) is 0 Å². The molecule has 0 spiro atoms. The molecule has 1 aromatic carbocycles. The first kappa shape index (κ1) is 14.4. The summed E-state index contributed by atoms with van der Waals surface area (Å²) >= 11 is 0. The van der Waals surface area contributed by atoms with E-state index in [9.17, 15) is 5.11 Å². The second-order valence-corrected chi connectivity index (χ2v) is 6.64. The highest BCUT2D eigenvalue weighted by molar-refractivity contribution is 5.43. The van der Waals surface area contributed by atoms with Gasteiger partial charge in [0.05, 0.1) is 0 Å². The Morgan fingerprint density at radius 3 is 2.32 bits per heavy atom.